The molecule has 1 aliphatic rings. The van der Waals surface area contributed by atoms with Gasteiger partial charge in [-0.05, 0) is 25.5 Å². The van der Waals surface area contributed by atoms with Crippen LogP contribution in [0.3, 0.4) is 0 Å². The van der Waals surface area contributed by atoms with Crippen LogP contribution in [-0.2, 0) is 6.54 Å². The molecular weight excluding hydrogens is 185 g/mol. The molecule has 2 rings (SSSR count). The Bertz CT molecular complexity index is 302. The first kappa shape index (κ1) is 9.16. The van der Waals surface area contributed by atoms with Crippen molar-refractivity contribution >= 4 is 11.3 Å². The zero-order valence-electron chi connectivity index (χ0n) is 8.01. The quantitative estimate of drug-likeness (QED) is 0.707. The fourth-order valence-corrected chi connectivity index (χ4v) is 2.66. The summed E-state index contributed by atoms with van der Waals surface area (Å²) < 4.78 is 12.5. The van der Waals surface area contributed by atoms with Crippen LogP contribution in [0.5, 0.6) is 0 Å². The monoisotopic (exact) mass is 199 g/mol. The van der Waals surface area contributed by atoms with Gasteiger partial charge >= 0.3 is 0 Å². The lowest BCUT2D eigenvalue weighted by Gasteiger charge is -2.34. The van der Waals surface area contributed by atoms with Crippen molar-refractivity contribution in [2.45, 2.75) is 26.6 Å². The highest BCUT2D eigenvalue weighted by atomic mass is 32.1. The molecule has 0 bridgehead atoms. The van der Waals surface area contributed by atoms with Crippen LogP contribution in [0.25, 0.3) is 0 Å². The molecule has 0 unspecified atom stereocenters. The van der Waals surface area contributed by atoms with Crippen LogP contribution in [0.15, 0.2) is 6.07 Å². The van der Waals surface area contributed by atoms with E-state index in [0.29, 0.717) is 13.1 Å². The van der Waals surface area contributed by atoms with Gasteiger partial charge in [-0.3, -0.25) is 4.90 Å². The first-order valence-corrected chi connectivity index (χ1v) is 5.39. The van der Waals surface area contributed by atoms with E-state index in [1.54, 1.807) is 0 Å². The van der Waals surface area contributed by atoms with E-state index >= 15 is 0 Å². The van der Waals surface area contributed by atoms with Gasteiger partial charge in [-0.25, -0.2) is 4.39 Å². The van der Waals surface area contributed by atoms with E-state index in [-0.39, 0.29) is 0 Å². The summed E-state index contributed by atoms with van der Waals surface area (Å²) in [5, 5.41) is 0. The summed E-state index contributed by atoms with van der Waals surface area (Å²) in [6, 6.07) is 2.21. The summed E-state index contributed by atoms with van der Waals surface area (Å²) in [6.07, 6.45) is -0.583. The van der Waals surface area contributed by atoms with Gasteiger partial charge in [0, 0.05) is 29.4 Å². The van der Waals surface area contributed by atoms with E-state index in [0.717, 1.165) is 6.54 Å². The number of likely N-dealkylation sites (tertiary alicyclic amines) is 1. The van der Waals surface area contributed by atoms with Crippen molar-refractivity contribution in [2.75, 3.05) is 13.1 Å². The summed E-state index contributed by atoms with van der Waals surface area (Å²) in [5.41, 5.74) is 1.37. The minimum Gasteiger partial charge on any atom is -0.293 e. The Labute approximate surface area is 82.2 Å². The Morgan fingerprint density at radius 1 is 1.54 bits per heavy atom. The van der Waals surface area contributed by atoms with Crippen molar-refractivity contribution in [1.82, 2.24) is 4.90 Å². The third kappa shape index (κ3) is 1.92. The Balaban J connectivity index is 1.98. The highest BCUT2D eigenvalue weighted by Gasteiger charge is 2.26. The minimum absolute atomic E-state index is 0.583. The summed E-state index contributed by atoms with van der Waals surface area (Å²) in [4.78, 5) is 4.88. The van der Waals surface area contributed by atoms with Crippen LogP contribution in [0.4, 0.5) is 4.39 Å². The molecule has 72 valence electrons. The number of alkyl halides is 1. The van der Waals surface area contributed by atoms with Gasteiger partial charge in [-0.2, -0.15) is 0 Å². The van der Waals surface area contributed by atoms with Crippen LogP contribution in [0.1, 0.15) is 15.3 Å². The van der Waals surface area contributed by atoms with E-state index in [9.17, 15) is 4.39 Å². The maximum Gasteiger partial charge on any atom is 0.125 e. The van der Waals surface area contributed by atoms with Gasteiger partial charge in [0.1, 0.15) is 6.17 Å². The molecule has 0 N–H and O–H groups in total. The van der Waals surface area contributed by atoms with Crippen molar-refractivity contribution < 1.29 is 4.39 Å². The second kappa shape index (κ2) is 3.39. The number of halogens is 1. The zero-order valence-corrected chi connectivity index (χ0v) is 8.83. The largest absolute Gasteiger partial charge is 0.293 e. The molecule has 0 atom stereocenters. The van der Waals surface area contributed by atoms with Crippen molar-refractivity contribution in [2.24, 2.45) is 0 Å². The first-order chi connectivity index (χ1) is 6.15. The Kier molecular flexibility index (Phi) is 2.39. The molecule has 2 heterocycles. The van der Waals surface area contributed by atoms with Crippen molar-refractivity contribution in [3.63, 3.8) is 0 Å². The number of hydrogen-bond donors (Lipinski definition) is 0. The molecule has 13 heavy (non-hydrogen) atoms. The molecule has 0 amide bonds. The summed E-state index contributed by atoms with van der Waals surface area (Å²) in [5.74, 6) is 0. The predicted molar refractivity (Wildman–Crippen MR) is 54.0 cm³/mol. The maximum absolute atomic E-state index is 12.5. The van der Waals surface area contributed by atoms with Gasteiger partial charge in [0.05, 0.1) is 0 Å². The van der Waals surface area contributed by atoms with E-state index in [1.165, 1.54) is 15.3 Å². The molecule has 1 aromatic rings. The van der Waals surface area contributed by atoms with Gasteiger partial charge in [-0.15, -0.1) is 11.3 Å². The smallest absolute Gasteiger partial charge is 0.125 e. The molecule has 0 saturated carbocycles. The molecule has 1 nitrogen and oxygen atoms in total. The standard InChI is InChI=1S/C10H14FNS/c1-7-3-9(8(2)13-7)4-12-5-10(11)6-12/h3,10H,4-6H2,1-2H3. The predicted octanol–water partition coefficient (Wildman–Crippen LogP) is 2.52. The third-order valence-electron chi connectivity index (χ3n) is 2.45. The Morgan fingerprint density at radius 3 is 2.69 bits per heavy atom. The Hall–Kier alpha value is -0.410. The fourth-order valence-electron chi connectivity index (χ4n) is 1.72. The molecule has 0 spiro atoms. The zero-order chi connectivity index (χ0) is 9.42. The van der Waals surface area contributed by atoms with Gasteiger partial charge in [0.25, 0.3) is 0 Å². The average molecular weight is 199 g/mol. The van der Waals surface area contributed by atoms with E-state index in [4.69, 9.17) is 0 Å². The highest BCUT2D eigenvalue weighted by Crippen LogP contribution is 2.24. The second-order valence-electron chi connectivity index (χ2n) is 3.73. The van der Waals surface area contributed by atoms with Crippen LogP contribution in [0.2, 0.25) is 0 Å². The van der Waals surface area contributed by atoms with E-state index in [1.807, 2.05) is 11.3 Å². The molecule has 0 radical (unpaired) electrons. The normalized spacial score (nSPS) is 19.0. The molecule has 1 aliphatic heterocycles. The highest BCUT2D eigenvalue weighted by molar-refractivity contribution is 7.12. The molecule has 0 aromatic carbocycles. The lowest BCUT2D eigenvalue weighted by molar-refractivity contribution is 0.0591. The van der Waals surface area contributed by atoms with Gasteiger partial charge in [0.15, 0.2) is 0 Å². The number of rotatable bonds is 2. The topological polar surface area (TPSA) is 3.24 Å². The third-order valence-corrected chi connectivity index (χ3v) is 3.46. The SMILES string of the molecule is Cc1cc(CN2CC(F)C2)c(C)s1. The van der Waals surface area contributed by atoms with Crippen molar-refractivity contribution in [3.8, 4) is 0 Å². The van der Waals surface area contributed by atoms with Gasteiger partial charge in [-0.1, -0.05) is 0 Å². The number of nitrogens with zero attached hydrogens (tertiary/aromatic N) is 1. The Morgan fingerprint density at radius 2 is 2.23 bits per heavy atom. The molecule has 3 heteroatoms. The lowest BCUT2D eigenvalue weighted by atomic mass is 10.1. The first-order valence-electron chi connectivity index (χ1n) is 4.57. The average Bonchev–Trinajstić information content (AvgIpc) is 2.27. The van der Waals surface area contributed by atoms with E-state index in [2.05, 4.69) is 24.8 Å². The van der Waals surface area contributed by atoms with Crippen molar-refractivity contribution in [1.29, 1.82) is 0 Å². The number of hydrogen-bond acceptors (Lipinski definition) is 2. The fraction of sp³-hybridized carbons (Fsp3) is 0.600. The molecule has 0 aliphatic carbocycles. The van der Waals surface area contributed by atoms with Crippen LogP contribution < -0.4 is 0 Å². The summed E-state index contributed by atoms with van der Waals surface area (Å²) in [6.45, 7) is 6.42. The summed E-state index contributed by atoms with van der Waals surface area (Å²) >= 11 is 1.83. The summed E-state index contributed by atoms with van der Waals surface area (Å²) in [7, 11) is 0. The molecular formula is C10H14FNS. The number of aryl methyl sites for hydroxylation is 2. The molecule has 1 aromatic heterocycles. The lowest BCUT2D eigenvalue weighted by Crippen LogP contribution is -2.47. The van der Waals surface area contributed by atoms with Crippen molar-refractivity contribution in [3.05, 3.63) is 21.4 Å². The second-order valence-corrected chi connectivity index (χ2v) is 5.19. The molecule has 1 fully saturated rings. The molecule has 1 saturated heterocycles. The van der Waals surface area contributed by atoms with Crippen LogP contribution in [0, 0.1) is 13.8 Å². The number of thiophene rings is 1. The van der Waals surface area contributed by atoms with Gasteiger partial charge in [0.2, 0.25) is 0 Å². The van der Waals surface area contributed by atoms with Gasteiger partial charge < -0.3 is 0 Å². The van der Waals surface area contributed by atoms with E-state index < -0.39 is 6.17 Å². The van der Waals surface area contributed by atoms with Crippen LogP contribution in [-0.4, -0.2) is 24.2 Å². The van der Waals surface area contributed by atoms with Crippen LogP contribution >= 0.6 is 11.3 Å². The minimum atomic E-state index is -0.583. The maximum atomic E-state index is 12.5.